The molecule has 0 saturated heterocycles. The van der Waals surface area contributed by atoms with E-state index >= 15 is 0 Å². The fourth-order valence-corrected chi connectivity index (χ4v) is 2.95. The lowest BCUT2D eigenvalue weighted by Gasteiger charge is -2.08. The minimum Gasteiger partial charge on any atom is -0.481 e. The number of nitrogens with zero attached hydrogens (tertiary/aromatic N) is 1. The van der Waals surface area contributed by atoms with Crippen molar-refractivity contribution in [1.82, 2.24) is 0 Å². The summed E-state index contributed by atoms with van der Waals surface area (Å²) < 4.78 is 11.4. The van der Waals surface area contributed by atoms with Crippen LogP contribution in [0.15, 0.2) is 0 Å². The van der Waals surface area contributed by atoms with Crippen molar-refractivity contribution < 1.29 is 14.1 Å². The zero-order valence-corrected chi connectivity index (χ0v) is 8.68. The summed E-state index contributed by atoms with van der Waals surface area (Å²) in [6.07, 6.45) is 2.32. The summed E-state index contributed by atoms with van der Waals surface area (Å²) >= 11 is 0. The van der Waals surface area contributed by atoms with Gasteiger partial charge in [0, 0.05) is 28.7 Å². The van der Waals surface area contributed by atoms with Crippen molar-refractivity contribution in [2.45, 2.75) is 25.7 Å². The first-order valence-electron chi connectivity index (χ1n) is 4.52. The highest BCUT2D eigenvalue weighted by atomic mass is 32.2. The predicted octanol–water partition coefficient (Wildman–Crippen LogP) is 0.904. The quantitative estimate of drug-likeness (QED) is 0.714. The smallest absolute Gasteiger partial charge is 0.304 e. The SMILES string of the molecule is N#CCC1(CS(=O)CCC(=O)O)CC1. The molecule has 0 aliphatic heterocycles. The molecule has 0 aromatic carbocycles. The number of hydrogen-bond acceptors (Lipinski definition) is 3. The van der Waals surface area contributed by atoms with E-state index in [1.807, 2.05) is 0 Å². The minimum absolute atomic E-state index is 0.0435. The van der Waals surface area contributed by atoms with Crippen LogP contribution in [0.2, 0.25) is 0 Å². The number of aliphatic carboxylic acids is 1. The van der Waals surface area contributed by atoms with E-state index in [-0.39, 0.29) is 17.6 Å². The molecule has 78 valence electrons. The number of carboxylic acid groups (broad SMARTS) is 1. The van der Waals surface area contributed by atoms with E-state index in [1.165, 1.54) is 0 Å². The van der Waals surface area contributed by atoms with Crippen LogP contribution in [-0.2, 0) is 15.6 Å². The van der Waals surface area contributed by atoms with Gasteiger partial charge in [-0.3, -0.25) is 9.00 Å². The van der Waals surface area contributed by atoms with Gasteiger partial charge >= 0.3 is 5.97 Å². The maximum Gasteiger partial charge on any atom is 0.304 e. The second-order valence-corrected chi connectivity index (χ2v) is 5.34. The van der Waals surface area contributed by atoms with Crippen LogP contribution in [-0.4, -0.2) is 26.8 Å². The van der Waals surface area contributed by atoms with Crippen LogP contribution in [0.1, 0.15) is 25.7 Å². The van der Waals surface area contributed by atoms with E-state index < -0.39 is 16.8 Å². The van der Waals surface area contributed by atoms with Gasteiger partial charge in [0.1, 0.15) is 0 Å². The van der Waals surface area contributed by atoms with Crippen LogP contribution in [0.4, 0.5) is 0 Å². The summed E-state index contributed by atoms with van der Waals surface area (Å²) in [7, 11) is -1.08. The Kier molecular flexibility index (Phi) is 3.64. The Balaban J connectivity index is 2.27. The van der Waals surface area contributed by atoms with Gasteiger partial charge in [-0.15, -0.1) is 0 Å². The van der Waals surface area contributed by atoms with Gasteiger partial charge in [-0.2, -0.15) is 5.26 Å². The first-order valence-corrected chi connectivity index (χ1v) is 6.00. The molecular formula is C9H13NO3S. The average Bonchev–Trinajstić information content (AvgIpc) is 2.82. The van der Waals surface area contributed by atoms with Crippen LogP contribution in [0.25, 0.3) is 0 Å². The molecule has 4 nitrogen and oxygen atoms in total. The fraction of sp³-hybridized carbons (Fsp3) is 0.778. The van der Waals surface area contributed by atoms with Crippen LogP contribution in [0.3, 0.4) is 0 Å². The molecule has 1 atom stereocenters. The lowest BCUT2D eigenvalue weighted by molar-refractivity contribution is -0.136. The van der Waals surface area contributed by atoms with Gasteiger partial charge in [-0.1, -0.05) is 0 Å². The monoisotopic (exact) mass is 215 g/mol. The third-order valence-corrected chi connectivity index (χ3v) is 4.02. The number of hydrogen-bond donors (Lipinski definition) is 1. The van der Waals surface area contributed by atoms with E-state index in [9.17, 15) is 9.00 Å². The summed E-state index contributed by atoms with van der Waals surface area (Å²) in [6, 6.07) is 2.09. The number of carboxylic acids is 1. The lowest BCUT2D eigenvalue weighted by Crippen LogP contribution is -2.15. The van der Waals surface area contributed by atoms with Crippen molar-refractivity contribution in [1.29, 1.82) is 5.26 Å². The molecule has 0 amide bonds. The van der Waals surface area contributed by atoms with Crippen molar-refractivity contribution in [2.75, 3.05) is 11.5 Å². The van der Waals surface area contributed by atoms with Crippen LogP contribution < -0.4 is 0 Å². The number of carbonyl (C=O) groups is 1. The Labute approximate surface area is 85.4 Å². The summed E-state index contributed by atoms with van der Waals surface area (Å²) in [5.74, 6) is -0.209. The highest BCUT2D eigenvalue weighted by Crippen LogP contribution is 2.49. The minimum atomic E-state index is -1.08. The predicted molar refractivity (Wildman–Crippen MR) is 52.0 cm³/mol. The summed E-state index contributed by atoms with van der Waals surface area (Å²) in [6.45, 7) is 0. The molecular weight excluding hydrogens is 202 g/mol. The molecule has 14 heavy (non-hydrogen) atoms. The van der Waals surface area contributed by atoms with Crippen molar-refractivity contribution in [2.24, 2.45) is 5.41 Å². The number of rotatable bonds is 6. The second kappa shape index (κ2) is 4.56. The van der Waals surface area contributed by atoms with Gasteiger partial charge < -0.3 is 5.11 Å². The van der Waals surface area contributed by atoms with Crippen LogP contribution in [0.5, 0.6) is 0 Å². The topological polar surface area (TPSA) is 78.2 Å². The number of nitriles is 1. The van der Waals surface area contributed by atoms with Gasteiger partial charge in [0.25, 0.3) is 0 Å². The van der Waals surface area contributed by atoms with E-state index in [2.05, 4.69) is 6.07 Å². The van der Waals surface area contributed by atoms with E-state index in [1.54, 1.807) is 0 Å². The summed E-state index contributed by atoms with van der Waals surface area (Å²) in [5, 5.41) is 16.9. The zero-order valence-electron chi connectivity index (χ0n) is 7.86. The van der Waals surface area contributed by atoms with E-state index in [4.69, 9.17) is 10.4 Å². The molecule has 0 heterocycles. The summed E-state index contributed by atoms with van der Waals surface area (Å²) in [4.78, 5) is 10.2. The van der Waals surface area contributed by atoms with Crippen molar-refractivity contribution in [3.63, 3.8) is 0 Å². The fourth-order valence-electron chi connectivity index (χ4n) is 1.33. The average molecular weight is 215 g/mol. The second-order valence-electron chi connectivity index (χ2n) is 3.77. The highest BCUT2D eigenvalue weighted by Gasteiger charge is 2.43. The molecule has 0 bridgehead atoms. The third kappa shape index (κ3) is 3.46. The normalized spacial score (nSPS) is 19.6. The van der Waals surface area contributed by atoms with Gasteiger partial charge in [-0.25, -0.2) is 0 Å². The first kappa shape index (κ1) is 11.2. The Morgan fingerprint density at radius 1 is 1.57 bits per heavy atom. The van der Waals surface area contributed by atoms with Crippen LogP contribution in [0, 0.1) is 16.7 Å². The lowest BCUT2D eigenvalue weighted by atomic mass is 10.1. The van der Waals surface area contributed by atoms with Gasteiger partial charge in [-0.05, 0) is 18.3 Å². The van der Waals surface area contributed by atoms with Crippen molar-refractivity contribution >= 4 is 16.8 Å². The van der Waals surface area contributed by atoms with Gasteiger partial charge in [0.2, 0.25) is 0 Å². The van der Waals surface area contributed by atoms with Crippen molar-refractivity contribution in [3.8, 4) is 6.07 Å². The molecule has 1 saturated carbocycles. The standard InChI is InChI=1S/C9H13NO3S/c10-5-4-9(2-3-9)7-14(13)6-1-8(11)12/h1-4,6-7H2,(H,11,12). The maximum absolute atomic E-state index is 11.4. The van der Waals surface area contributed by atoms with Crippen molar-refractivity contribution in [3.05, 3.63) is 0 Å². The molecule has 0 aromatic heterocycles. The largest absolute Gasteiger partial charge is 0.481 e. The molecule has 1 fully saturated rings. The molecule has 1 unspecified atom stereocenters. The Morgan fingerprint density at radius 2 is 2.21 bits per heavy atom. The molecule has 0 spiro atoms. The molecule has 1 aliphatic rings. The summed E-state index contributed by atoms with van der Waals surface area (Å²) in [5.41, 5.74) is -0.0435. The Bertz CT molecular complexity index is 291. The molecule has 0 radical (unpaired) electrons. The maximum atomic E-state index is 11.4. The highest BCUT2D eigenvalue weighted by molar-refractivity contribution is 7.85. The molecule has 0 aromatic rings. The molecule has 1 aliphatic carbocycles. The van der Waals surface area contributed by atoms with Gasteiger partial charge in [0.15, 0.2) is 0 Å². The molecule has 5 heteroatoms. The van der Waals surface area contributed by atoms with E-state index in [0.29, 0.717) is 12.2 Å². The molecule has 1 rings (SSSR count). The third-order valence-electron chi connectivity index (χ3n) is 2.42. The van der Waals surface area contributed by atoms with E-state index in [0.717, 1.165) is 12.8 Å². The zero-order chi connectivity index (χ0) is 10.6. The first-order chi connectivity index (χ1) is 6.58. The molecule has 1 N–H and O–H groups in total. The van der Waals surface area contributed by atoms with Crippen LogP contribution >= 0.6 is 0 Å². The Morgan fingerprint density at radius 3 is 2.64 bits per heavy atom. The Hall–Kier alpha value is -0.890. The van der Waals surface area contributed by atoms with Gasteiger partial charge in [0.05, 0.1) is 12.5 Å².